The minimum Gasteiger partial charge on any atom is -0.481 e. The van der Waals surface area contributed by atoms with Crippen molar-refractivity contribution < 1.29 is 18.3 Å². The summed E-state index contributed by atoms with van der Waals surface area (Å²) in [4.78, 5) is 22.9. The van der Waals surface area contributed by atoms with E-state index < -0.39 is 11.6 Å². The lowest BCUT2D eigenvalue weighted by Crippen LogP contribution is -2.21. The zero-order chi connectivity index (χ0) is 23.8. The van der Waals surface area contributed by atoms with Crippen molar-refractivity contribution in [1.82, 2.24) is 24.9 Å². The van der Waals surface area contributed by atoms with Crippen LogP contribution in [0.4, 0.5) is 8.78 Å². The maximum absolute atomic E-state index is 14.8. The zero-order valence-electron chi connectivity index (χ0n) is 19.0. The van der Waals surface area contributed by atoms with E-state index in [9.17, 15) is 8.78 Å². The van der Waals surface area contributed by atoms with Crippen LogP contribution in [-0.2, 0) is 4.74 Å². The predicted molar refractivity (Wildman–Crippen MR) is 121 cm³/mol. The van der Waals surface area contributed by atoms with Gasteiger partial charge in [0.15, 0.2) is 5.65 Å². The van der Waals surface area contributed by atoms with Crippen molar-refractivity contribution in [2.45, 2.75) is 38.7 Å². The minimum absolute atomic E-state index is 0.0454. The summed E-state index contributed by atoms with van der Waals surface area (Å²) in [5.74, 6) is -0.336. The Morgan fingerprint density at radius 1 is 1.00 bits per heavy atom. The quantitative estimate of drug-likeness (QED) is 0.420. The van der Waals surface area contributed by atoms with Crippen molar-refractivity contribution in [1.29, 1.82) is 0 Å². The molecular weight excluding hydrogens is 440 g/mol. The Hall–Kier alpha value is -3.59. The number of benzene rings is 1. The first-order valence-electron chi connectivity index (χ1n) is 11.0. The lowest BCUT2D eigenvalue weighted by atomic mass is 9.91. The fourth-order valence-corrected chi connectivity index (χ4v) is 4.15. The molecule has 0 unspecified atom stereocenters. The Kier molecular flexibility index (Phi) is 5.87. The van der Waals surface area contributed by atoms with Gasteiger partial charge in [0.1, 0.15) is 28.7 Å². The highest BCUT2D eigenvalue weighted by atomic mass is 19.1. The molecule has 1 fully saturated rings. The van der Waals surface area contributed by atoms with Gasteiger partial charge in [0, 0.05) is 36.4 Å². The second kappa shape index (κ2) is 8.98. The standard InChI is InChI=1S/C25H23F2N5O2/c1-13-14(2)30-25-23(29-13)22(18-6-5-17(26)11-19(18)27)31-24(32-25)15-8-9-34-20(10-15)16-4-7-21(33-3)28-12-16/h4-7,11-12,15,20H,8-10H2,1-3H3/t15-,20+/m0/s1. The lowest BCUT2D eigenvalue weighted by Gasteiger charge is -2.29. The number of hydrogen-bond acceptors (Lipinski definition) is 7. The normalized spacial score (nSPS) is 18.3. The number of nitrogens with zero attached hydrogens (tertiary/aromatic N) is 5. The van der Waals surface area contributed by atoms with E-state index >= 15 is 0 Å². The van der Waals surface area contributed by atoms with Crippen LogP contribution < -0.4 is 4.74 Å². The molecular formula is C25H23F2N5O2. The molecule has 0 aliphatic carbocycles. The van der Waals surface area contributed by atoms with Crippen LogP contribution in [0.15, 0.2) is 36.5 Å². The van der Waals surface area contributed by atoms with Gasteiger partial charge in [0.25, 0.3) is 0 Å². The molecule has 1 aliphatic heterocycles. The van der Waals surface area contributed by atoms with E-state index in [-0.39, 0.29) is 17.6 Å². The maximum Gasteiger partial charge on any atom is 0.212 e. The summed E-state index contributed by atoms with van der Waals surface area (Å²) in [6, 6.07) is 7.16. The van der Waals surface area contributed by atoms with Crippen molar-refractivity contribution in [2.24, 2.45) is 0 Å². The summed E-state index contributed by atoms with van der Waals surface area (Å²) in [5, 5.41) is 0. The van der Waals surface area contributed by atoms with Crippen molar-refractivity contribution in [3.63, 3.8) is 0 Å². The topological polar surface area (TPSA) is 82.9 Å². The van der Waals surface area contributed by atoms with Crippen LogP contribution >= 0.6 is 0 Å². The minimum atomic E-state index is -0.708. The number of methoxy groups -OCH3 is 1. The molecule has 1 saturated heterocycles. The molecule has 0 bridgehead atoms. The number of rotatable bonds is 4. The molecule has 0 spiro atoms. The van der Waals surface area contributed by atoms with Gasteiger partial charge in [-0.25, -0.2) is 33.7 Å². The van der Waals surface area contributed by atoms with Gasteiger partial charge in [-0.1, -0.05) is 0 Å². The molecule has 3 aromatic heterocycles. The third kappa shape index (κ3) is 4.19. The Labute approximate surface area is 195 Å². The van der Waals surface area contributed by atoms with Gasteiger partial charge in [-0.2, -0.15) is 0 Å². The molecule has 0 radical (unpaired) electrons. The molecule has 0 amide bonds. The van der Waals surface area contributed by atoms with Gasteiger partial charge >= 0.3 is 0 Å². The summed E-state index contributed by atoms with van der Waals surface area (Å²) >= 11 is 0. The molecule has 0 saturated carbocycles. The lowest BCUT2D eigenvalue weighted by molar-refractivity contribution is 0.00379. The molecule has 5 rings (SSSR count). The van der Waals surface area contributed by atoms with Crippen LogP contribution in [0.1, 0.15) is 47.6 Å². The Bertz CT molecular complexity index is 1360. The summed E-state index contributed by atoms with van der Waals surface area (Å²) in [7, 11) is 1.57. The number of aromatic nitrogens is 5. The van der Waals surface area contributed by atoms with Gasteiger partial charge in [-0.3, -0.25) is 0 Å². The van der Waals surface area contributed by atoms with Crippen LogP contribution in [0.3, 0.4) is 0 Å². The van der Waals surface area contributed by atoms with E-state index in [0.29, 0.717) is 53.7 Å². The van der Waals surface area contributed by atoms with E-state index in [4.69, 9.17) is 19.4 Å². The second-order valence-corrected chi connectivity index (χ2v) is 8.34. The van der Waals surface area contributed by atoms with Crippen molar-refractivity contribution in [3.05, 3.63) is 70.9 Å². The molecule has 4 heterocycles. The molecule has 34 heavy (non-hydrogen) atoms. The first kappa shape index (κ1) is 22.2. The molecule has 4 aromatic rings. The molecule has 1 aromatic carbocycles. The van der Waals surface area contributed by atoms with E-state index in [1.807, 2.05) is 19.9 Å². The van der Waals surface area contributed by atoms with Crippen LogP contribution in [0.2, 0.25) is 0 Å². The summed E-state index contributed by atoms with van der Waals surface area (Å²) in [6.45, 7) is 4.19. The summed E-state index contributed by atoms with van der Waals surface area (Å²) in [5.41, 5.74) is 3.61. The highest BCUT2D eigenvalue weighted by Gasteiger charge is 2.29. The highest BCUT2D eigenvalue weighted by molar-refractivity contribution is 5.87. The number of ether oxygens (including phenoxy) is 2. The van der Waals surface area contributed by atoms with Gasteiger partial charge in [0.05, 0.1) is 24.6 Å². The molecule has 0 N–H and O–H groups in total. The van der Waals surface area contributed by atoms with Crippen molar-refractivity contribution >= 4 is 11.2 Å². The number of aryl methyl sites for hydroxylation is 2. The van der Waals surface area contributed by atoms with E-state index in [1.165, 1.54) is 12.1 Å². The fraction of sp³-hybridized carbons (Fsp3) is 0.320. The van der Waals surface area contributed by atoms with Crippen LogP contribution in [0, 0.1) is 25.5 Å². The average molecular weight is 463 g/mol. The summed E-state index contributed by atoms with van der Waals surface area (Å²) < 4.78 is 39.5. The molecule has 2 atom stereocenters. The van der Waals surface area contributed by atoms with Crippen molar-refractivity contribution in [3.8, 4) is 17.1 Å². The van der Waals surface area contributed by atoms with Gasteiger partial charge < -0.3 is 9.47 Å². The number of hydrogen-bond donors (Lipinski definition) is 0. The highest BCUT2D eigenvalue weighted by Crippen LogP contribution is 2.38. The summed E-state index contributed by atoms with van der Waals surface area (Å²) in [6.07, 6.45) is 2.89. The number of halogens is 2. The maximum atomic E-state index is 14.8. The third-order valence-corrected chi connectivity index (χ3v) is 6.14. The fourth-order valence-electron chi connectivity index (χ4n) is 4.15. The smallest absolute Gasteiger partial charge is 0.212 e. The predicted octanol–water partition coefficient (Wildman–Crippen LogP) is 5.02. The first-order chi connectivity index (χ1) is 16.4. The average Bonchev–Trinajstić information content (AvgIpc) is 2.84. The zero-order valence-corrected chi connectivity index (χ0v) is 19.0. The van der Waals surface area contributed by atoms with Crippen LogP contribution in [0.5, 0.6) is 5.88 Å². The molecule has 174 valence electrons. The Balaban J connectivity index is 1.58. The van der Waals surface area contributed by atoms with Gasteiger partial charge in [-0.15, -0.1) is 0 Å². The largest absolute Gasteiger partial charge is 0.481 e. The van der Waals surface area contributed by atoms with Crippen LogP contribution in [0.25, 0.3) is 22.4 Å². The van der Waals surface area contributed by atoms with Gasteiger partial charge in [0.2, 0.25) is 5.88 Å². The Morgan fingerprint density at radius 3 is 2.56 bits per heavy atom. The third-order valence-electron chi connectivity index (χ3n) is 6.14. The molecule has 7 nitrogen and oxygen atoms in total. The van der Waals surface area contributed by atoms with E-state index in [2.05, 4.69) is 15.0 Å². The Morgan fingerprint density at radius 2 is 1.82 bits per heavy atom. The molecule has 1 aliphatic rings. The number of fused-ring (bicyclic) bond motifs is 1. The number of pyridine rings is 1. The van der Waals surface area contributed by atoms with E-state index in [0.717, 1.165) is 17.3 Å². The first-order valence-corrected chi connectivity index (χ1v) is 11.0. The molecule has 9 heteroatoms. The SMILES string of the molecule is COc1ccc([C@H]2C[C@@H](c3nc(-c4ccc(F)cc4F)c4nc(C)c(C)nc4n3)CCO2)cn1. The van der Waals surface area contributed by atoms with Gasteiger partial charge in [-0.05, 0) is 50.5 Å². The van der Waals surface area contributed by atoms with E-state index in [1.54, 1.807) is 19.4 Å². The van der Waals surface area contributed by atoms with Crippen LogP contribution in [-0.4, -0.2) is 38.6 Å². The second-order valence-electron chi connectivity index (χ2n) is 8.34. The monoisotopic (exact) mass is 463 g/mol. The van der Waals surface area contributed by atoms with Crippen molar-refractivity contribution in [2.75, 3.05) is 13.7 Å².